The second-order valence-corrected chi connectivity index (χ2v) is 4.83. The molecule has 0 spiro atoms. The largest absolute Gasteiger partial charge is 0.388 e. The minimum atomic E-state index is 0.431. The molecule has 0 aromatic heterocycles. The van der Waals surface area contributed by atoms with Crippen LogP contribution in [0.25, 0.3) is 0 Å². The predicted octanol–water partition coefficient (Wildman–Crippen LogP) is 6.02. The van der Waals surface area contributed by atoms with Crippen LogP contribution in [0.4, 0.5) is 0 Å². The predicted molar refractivity (Wildman–Crippen MR) is 120 cm³/mol. The third kappa shape index (κ3) is 58.9. The van der Waals surface area contributed by atoms with E-state index in [2.05, 4.69) is 25.2 Å². The van der Waals surface area contributed by atoms with Crippen molar-refractivity contribution in [2.75, 3.05) is 47.3 Å². The average Bonchev–Trinajstić information content (AvgIpc) is 3.54. The lowest BCUT2D eigenvalue weighted by Gasteiger charge is -1.91. The molecule has 4 heteroatoms. The summed E-state index contributed by atoms with van der Waals surface area (Å²) in [4.78, 5) is 0. The molecule has 1 atom stereocenters. The number of hydrogen-bond donors (Lipinski definition) is 0. The molecule has 4 nitrogen and oxygen atoms in total. The monoisotopic (exact) mass is 386 g/mol. The van der Waals surface area contributed by atoms with E-state index in [1.54, 1.807) is 20.3 Å². The van der Waals surface area contributed by atoms with Crippen LogP contribution in [0.5, 0.6) is 0 Å². The lowest BCUT2D eigenvalue weighted by molar-refractivity contribution is 0.128. The van der Waals surface area contributed by atoms with E-state index in [1.807, 2.05) is 64.1 Å². The van der Waals surface area contributed by atoms with Crippen molar-refractivity contribution in [3.8, 4) is 0 Å². The topological polar surface area (TPSA) is 40.2 Å². The smallest absolute Gasteiger partial charge is 0.104 e. The first-order valence-electron chi connectivity index (χ1n) is 9.96. The molecule has 0 aliphatic carbocycles. The van der Waals surface area contributed by atoms with Gasteiger partial charge in [0.2, 0.25) is 0 Å². The van der Waals surface area contributed by atoms with Crippen LogP contribution in [-0.2, 0) is 18.9 Å². The van der Waals surface area contributed by atoms with Gasteiger partial charge in [0.15, 0.2) is 0 Å². The van der Waals surface area contributed by atoms with Crippen molar-refractivity contribution in [2.24, 2.45) is 0 Å². The standard InChI is InChI=1S/C6H6.C5H10O2.C5H10O.C3H8.C2H6O.C2H6/c1-2-4-6-5-3-1;1-2-6-3-5-4-7-5;1-3-5-6-4-2;2*1-3-2;1-2/h1-6H;5H,2-4H2,1H3;3H,1,4-5H2,2H3;3H2,1-2H3;1-2H3;1-2H3. The number of epoxide rings is 1. The van der Waals surface area contributed by atoms with Gasteiger partial charge in [0, 0.05) is 27.4 Å². The van der Waals surface area contributed by atoms with Crippen LogP contribution >= 0.6 is 0 Å². The Morgan fingerprint density at radius 2 is 1.22 bits per heavy atom. The number of benzene rings is 1. The van der Waals surface area contributed by atoms with Crippen LogP contribution in [0.3, 0.4) is 0 Å². The van der Waals surface area contributed by atoms with E-state index >= 15 is 0 Å². The first kappa shape index (κ1) is 33.4. The van der Waals surface area contributed by atoms with E-state index in [9.17, 15) is 0 Å². The SMILES string of the molecule is C=CCOCC.CC.CCC.CCOCC1CO1.COC.c1ccccc1. The van der Waals surface area contributed by atoms with Crippen LogP contribution in [0.15, 0.2) is 49.1 Å². The van der Waals surface area contributed by atoms with Gasteiger partial charge >= 0.3 is 0 Å². The fraction of sp³-hybridized carbons (Fsp3) is 0.652. The lowest BCUT2D eigenvalue weighted by atomic mass is 10.4. The fourth-order valence-corrected chi connectivity index (χ4v) is 1.000. The summed E-state index contributed by atoms with van der Waals surface area (Å²) in [6.07, 6.45) is 3.42. The third-order valence-electron chi connectivity index (χ3n) is 2.02. The van der Waals surface area contributed by atoms with Gasteiger partial charge in [-0.25, -0.2) is 0 Å². The number of ether oxygens (including phenoxy) is 4. The molecule has 1 unspecified atom stereocenters. The Bertz CT molecular complexity index is 272. The molecule has 1 aromatic rings. The number of hydrogen-bond acceptors (Lipinski definition) is 4. The highest BCUT2D eigenvalue weighted by atomic mass is 16.6. The third-order valence-corrected chi connectivity index (χ3v) is 2.02. The highest BCUT2D eigenvalue weighted by molar-refractivity contribution is 4.99. The van der Waals surface area contributed by atoms with E-state index in [0.29, 0.717) is 12.7 Å². The van der Waals surface area contributed by atoms with E-state index in [1.165, 1.54) is 6.42 Å². The van der Waals surface area contributed by atoms with E-state index in [0.717, 1.165) is 26.4 Å². The molecular formula is C23H46O4. The molecular weight excluding hydrogens is 340 g/mol. The zero-order valence-electron chi connectivity index (χ0n) is 19.2. The van der Waals surface area contributed by atoms with Crippen molar-refractivity contribution >= 4 is 0 Å². The Balaban J connectivity index is -0.000000124. The van der Waals surface area contributed by atoms with Gasteiger partial charge in [-0.15, -0.1) is 6.58 Å². The second-order valence-electron chi connectivity index (χ2n) is 4.83. The molecule has 1 aliphatic rings. The van der Waals surface area contributed by atoms with Gasteiger partial charge in [0.25, 0.3) is 0 Å². The maximum Gasteiger partial charge on any atom is 0.104 e. The summed E-state index contributed by atoms with van der Waals surface area (Å²) in [5.74, 6) is 0. The Morgan fingerprint density at radius 3 is 1.41 bits per heavy atom. The molecule has 1 fully saturated rings. The highest BCUT2D eigenvalue weighted by Gasteiger charge is 2.21. The quantitative estimate of drug-likeness (QED) is 0.340. The molecule has 162 valence electrons. The van der Waals surface area contributed by atoms with Gasteiger partial charge in [-0.1, -0.05) is 76.6 Å². The first-order chi connectivity index (χ1) is 13.2. The minimum Gasteiger partial charge on any atom is -0.388 e. The van der Waals surface area contributed by atoms with E-state index in [4.69, 9.17) is 14.2 Å². The Labute approximate surface area is 169 Å². The van der Waals surface area contributed by atoms with Crippen molar-refractivity contribution in [1.29, 1.82) is 0 Å². The van der Waals surface area contributed by atoms with Crippen molar-refractivity contribution < 1.29 is 18.9 Å². The molecule has 1 aromatic carbocycles. The summed E-state index contributed by atoms with van der Waals surface area (Å²) in [5, 5.41) is 0. The average molecular weight is 387 g/mol. The Kier molecular flexibility index (Phi) is 49.2. The van der Waals surface area contributed by atoms with Gasteiger partial charge in [0.1, 0.15) is 6.10 Å². The van der Waals surface area contributed by atoms with Gasteiger partial charge in [-0.2, -0.15) is 0 Å². The molecule has 1 heterocycles. The van der Waals surface area contributed by atoms with Gasteiger partial charge in [-0.3, -0.25) is 0 Å². The van der Waals surface area contributed by atoms with E-state index in [-0.39, 0.29) is 0 Å². The van der Waals surface area contributed by atoms with Gasteiger partial charge in [0.05, 0.1) is 19.8 Å². The lowest BCUT2D eigenvalue weighted by Crippen LogP contribution is -1.99. The molecule has 0 N–H and O–H groups in total. The summed E-state index contributed by atoms with van der Waals surface area (Å²) in [7, 11) is 3.25. The second kappa shape index (κ2) is 39.7. The highest BCUT2D eigenvalue weighted by Crippen LogP contribution is 2.07. The van der Waals surface area contributed by atoms with Crippen LogP contribution < -0.4 is 0 Å². The summed E-state index contributed by atoms with van der Waals surface area (Å²) >= 11 is 0. The summed E-state index contributed by atoms with van der Waals surface area (Å²) in [6.45, 7) is 19.6. The zero-order chi connectivity index (χ0) is 21.6. The van der Waals surface area contributed by atoms with Crippen LogP contribution in [0, 0.1) is 0 Å². The fourth-order valence-electron chi connectivity index (χ4n) is 1.000. The number of rotatable bonds is 6. The molecule has 0 saturated carbocycles. The minimum absolute atomic E-state index is 0.431. The van der Waals surface area contributed by atoms with Crippen LogP contribution in [0.1, 0.15) is 48.0 Å². The Hall–Kier alpha value is -1.20. The van der Waals surface area contributed by atoms with Gasteiger partial charge in [-0.05, 0) is 13.8 Å². The summed E-state index contributed by atoms with van der Waals surface area (Å²) in [5.41, 5.74) is 0. The zero-order valence-corrected chi connectivity index (χ0v) is 19.2. The molecule has 0 bridgehead atoms. The summed E-state index contributed by atoms with van der Waals surface area (Å²) < 4.78 is 19.0. The first-order valence-corrected chi connectivity index (χ1v) is 9.96. The molecule has 1 aliphatic heterocycles. The molecule has 0 amide bonds. The molecule has 27 heavy (non-hydrogen) atoms. The Morgan fingerprint density at radius 1 is 0.889 bits per heavy atom. The van der Waals surface area contributed by atoms with Crippen LogP contribution in [-0.4, -0.2) is 53.4 Å². The van der Waals surface area contributed by atoms with Crippen molar-refractivity contribution in [1.82, 2.24) is 0 Å². The normalized spacial score (nSPS) is 12.4. The van der Waals surface area contributed by atoms with Gasteiger partial charge < -0.3 is 18.9 Å². The maximum absolute atomic E-state index is 5.03. The molecule has 1 saturated heterocycles. The van der Waals surface area contributed by atoms with Crippen LogP contribution in [0.2, 0.25) is 0 Å². The maximum atomic E-state index is 5.03. The van der Waals surface area contributed by atoms with Crippen molar-refractivity contribution in [2.45, 2.75) is 54.1 Å². The molecule has 2 rings (SSSR count). The number of methoxy groups -OCH3 is 1. The summed E-state index contributed by atoms with van der Waals surface area (Å²) in [6, 6.07) is 12.0. The van der Waals surface area contributed by atoms with Crippen molar-refractivity contribution in [3.05, 3.63) is 49.1 Å². The molecule has 0 radical (unpaired) electrons. The van der Waals surface area contributed by atoms with E-state index < -0.39 is 0 Å². The van der Waals surface area contributed by atoms with Crippen molar-refractivity contribution in [3.63, 3.8) is 0 Å².